The quantitative estimate of drug-likeness (QED) is 0.833. The first-order valence-corrected chi connectivity index (χ1v) is 10.1. The predicted molar refractivity (Wildman–Crippen MR) is 96.3 cm³/mol. The first kappa shape index (κ1) is 18.6. The summed E-state index contributed by atoms with van der Waals surface area (Å²) in [6.07, 6.45) is 3.94. The SMILES string of the molecule is Cc1cc(N2CCCC(NS(=O)(=O)c3cnn(C(C)C)c3)C2=O)n(C)n1. The van der Waals surface area contributed by atoms with Gasteiger partial charge in [-0.3, -0.25) is 19.1 Å². The molecule has 10 heteroatoms. The molecule has 0 bridgehead atoms. The Morgan fingerprint density at radius 1 is 1.35 bits per heavy atom. The molecule has 3 heterocycles. The van der Waals surface area contributed by atoms with Gasteiger partial charge >= 0.3 is 0 Å². The van der Waals surface area contributed by atoms with Crippen molar-refractivity contribution in [2.45, 2.75) is 50.6 Å². The van der Waals surface area contributed by atoms with E-state index < -0.39 is 16.1 Å². The smallest absolute Gasteiger partial charge is 0.246 e. The molecular weight excluding hydrogens is 356 g/mol. The Balaban J connectivity index is 1.80. The number of aromatic nitrogens is 4. The van der Waals surface area contributed by atoms with E-state index in [0.29, 0.717) is 25.2 Å². The lowest BCUT2D eigenvalue weighted by atomic mass is 10.1. The van der Waals surface area contributed by atoms with Gasteiger partial charge in [-0.15, -0.1) is 0 Å². The normalized spacial score (nSPS) is 18.7. The minimum atomic E-state index is -3.82. The van der Waals surface area contributed by atoms with Gasteiger partial charge < -0.3 is 0 Å². The fourth-order valence-electron chi connectivity index (χ4n) is 3.06. The summed E-state index contributed by atoms with van der Waals surface area (Å²) in [7, 11) is -2.05. The average Bonchev–Trinajstić information content (AvgIpc) is 3.17. The molecule has 0 aliphatic carbocycles. The second-order valence-electron chi connectivity index (χ2n) is 6.82. The van der Waals surface area contributed by atoms with Crippen molar-refractivity contribution in [2.75, 3.05) is 11.4 Å². The van der Waals surface area contributed by atoms with Gasteiger partial charge in [-0.25, -0.2) is 8.42 Å². The van der Waals surface area contributed by atoms with E-state index in [9.17, 15) is 13.2 Å². The molecule has 0 radical (unpaired) electrons. The fraction of sp³-hybridized carbons (Fsp3) is 0.562. The van der Waals surface area contributed by atoms with Crippen molar-refractivity contribution in [1.82, 2.24) is 24.3 Å². The minimum absolute atomic E-state index is 0.0545. The van der Waals surface area contributed by atoms with Crippen molar-refractivity contribution in [1.29, 1.82) is 0 Å². The molecule has 2 aromatic rings. The third-order valence-electron chi connectivity index (χ3n) is 4.41. The van der Waals surface area contributed by atoms with Crippen LogP contribution in [-0.4, -0.2) is 46.5 Å². The van der Waals surface area contributed by atoms with Crippen molar-refractivity contribution in [3.05, 3.63) is 24.2 Å². The molecule has 142 valence electrons. The first-order valence-electron chi connectivity index (χ1n) is 8.57. The number of hydrogen-bond acceptors (Lipinski definition) is 5. The second kappa shape index (κ2) is 6.84. The third-order valence-corrected chi connectivity index (χ3v) is 5.83. The van der Waals surface area contributed by atoms with Gasteiger partial charge in [0.15, 0.2) is 0 Å². The van der Waals surface area contributed by atoms with Crippen LogP contribution in [0.4, 0.5) is 5.82 Å². The van der Waals surface area contributed by atoms with Gasteiger partial charge in [0.2, 0.25) is 15.9 Å². The maximum atomic E-state index is 12.8. The Labute approximate surface area is 153 Å². The molecule has 0 spiro atoms. The summed E-state index contributed by atoms with van der Waals surface area (Å²) in [5.41, 5.74) is 0.805. The number of nitrogens with zero attached hydrogens (tertiary/aromatic N) is 5. The van der Waals surface area contributed by atoms with E-state index in [1.807, 2.05) is 26.8 Å². The van der Waals surface area contributed by atoms with Crippen molar-refractivity contribution in [2.24, 2.45) is 7.05 Å². The molecule has 0 saturated carbocycles. The standard InChI is InChI=1S/C16H24N6O3S/c1-11(2)22-10-13(9-17-22)26(24,25)19-14-6-5-7-21(16(14)23)15-8-12(3)18-20(15)4/h8-11,14,19H,5-7H2,1-4H3. The van der Waals surface area contributed by atoms with Crippen molar-refractivity contribution >= 4 is 21.7 Å². The zero-order valence-corrected chi connectivity index (χ0v) is 16.2. The largest absolute Gasteiger partial charge is 0.296 e. The zero-order chi connectivity index (χ0) is 19.1. The molecule has 1 aliphatic heterocycles. The van der Waals surface area contributed by atoms with Crippen LogP contribution in [0.15, 0.2) is 23.4 Å². The number of piperidine rings is 1. The molecule has 1 amide bonds. The monoisotopic (exact) mass is 380 g/mol. The Morgan fingerprint density at radius 3 is 2.65 bits per heavy atom. The highest BCUT2D eigenvalue weighted by molar-refractivity contribution is 7.89. The number of aryl methyl sites for hydroxylation is 2. The van der Waals surface area contributed by atoms with Gasteiger partial charge in [-0.05, 0) is 33.6 Å². The lowest BCUT2D eigenvalue weighted by molar-refractivity contribution is -0.121. The Hall–Kier alpha value is -2.20. The van der Waals surface area contributed by atoms with Gasteiger partial charge in [0.1, 0.15) is 16.8 Å². The number of sulfonamides is 1. The molecule has 3 rings (SSSR count). The fourth-order valence-corrected chi connectivity index (χ4v) is 4.22. The van der Waals surface area contributed by atoms with Gasteiger partial charge in [0.05, 0.1) is 11.9 Å². The van der Waals surface area contributed by atoms with E-state index in [1.54, 1.807) is 21.3 Å². The number of carbonyl (C=O) groups excluding carboxylic acids is 1. The van der Waals surface area contributed by atoms with Crippen LogP contribution in [-0.2, 0) is 21.9 Å². The highest BCUT2D eigenvalue weighted by Crippen LogP contribution is 2.23. The molecular formula is C16H24N6O3S. The van der Waals surface area contributed by atoms with Crippen LogP contribution < -0.4 is 9.62 Å². The van der Waals surface area contributed by atoms with E-state index in [2.05, 4.69) is 14.9 Å². The summed E-state index contributed by atoms with van der Waals surface area (Å²) < 4.78 is 31.0. The molecule has 2 aromatic heterocycles. The van der Waals surface area contributed by atoms with E-state index in [0.717, 1.165) is 5.69 Å². The average molecular weight is 380 g/mol. The summed E-state index contributed by atoms with van der Waals surface area (Å²) in [5.74, 6) is 0.406. The first-order chi connectivity index (χ1) is 12.2. The lowest BCUT2D eigenvalue weighted by Crippen LogP contribution is -2.52. The topological polar surface area (TPSA) is 102 Å². The summed E-state index contributed by atoms with van der Waals surface area (Å²) in [4.78, 5) is 14.5. The summed E-state index contributed by atoms with van der Waals surface area (Å²) in [5, 5.41) is 8.32. The molecule has 1 aliphatic rings. The van der Waals surface area contributed by atoms with Crippen molar-refractivity contribution in [3.8, 4) is 0 Å². The van der Waals surface area contributed by atoms with Gasteiger partial charge in [0, 0.05) is 31.9 Å². The van der Waals surface area contributed by atoms with Crippen LogP contribution in [0.1, 0.15) is 38.4 Å². The maximum absolute atomic E-state index is 12.8. The summed E-state index contributed by atoms with van der Waals surface area (Å²) >= 11 is 0. The van der Waals surface area contributed by atoms with Crippen LogP contribution in [0.25, 0.3) is 0 Å². The van der Waals surface area contributed by atoms with Crippen molar-refractivity contribution in [3.63, 3.8) is 0 Å². The van der Waals surface area contributed by atoms with Gasteiger partial charge in [-0.2, -0.15) is 14.9 Å². The van der Waals surface area contributed by atoms with Crippen LogP contribution in [0.2, 0.25) is 0 Å². The zero-order valence-electron chi connectivity index (χ0n) is 15.4. The Morgan fingerprint density at radius 2 is 2.08 bits per heavy atom. The van der Waals surface area contributed by atoms with Crippen LogP contribution in [0, 0.1) is 6.92 Å². The summed E-state index contributed by atoms with van der Waals surface area (Å²) in [6.45, 7) is 6.22. The van der Waals surface area contributed by atoms with E-state index >= 15 is 0 Å². The number of amides is 1. The number of anilines is 1. The highest BCUT2D eigenvalue weighted by atomic mass is 32.2. The summed E-state index contributed by atoms with van der Waals surface area (Å²) in [6, 6.07) is 1.08. The second-order valence-corrected chi connectivity index (χ2v) is 8.54. The van der Waals surface area contributed by atoms with E-state index in [4.69, 9.17) is 0 Å². The molecule has 26 heavy (non-hydrogen) atoms. The van der Waals surface area contributed by atoms with Crippen LogP contribution in [0.3, 0.4) is 0 Å². The maximum Gasteiger partial charge on any atom is 0.246 e. The van der Waals surface area contributed by atoms with E-state index in [1.165, 1.54) is 12.4 Å². The Bertz CT molecular complexity index is 914. The van der Waals surface area contributed by atoms with Gasteiger partial charge in [0.25, 0.3) is 0 Å². The highest BCUT2D eigenvalue weighted by Gasteiger charge is 2.34. The lowest BCUT2D eigenvalue weighted by Gasteiger charge is -2.32. The van der Waals surface area contributed by atoms with Crippen LogP contribution in [0.5, 0.6) is 0 Å². The number of nitrogens with one attached hydrogen (secondary N) is 1. The molecule has 1 fully saturated rings. The van der Waals surface area contributed by atoms with E-state index in [-0.39, 0.29) is 16.8 Å². The van der Waals surface area contributed by atoms with Crippen LogP contribution >= 0.6 is 0 Å². The third kappa shape index (κ3) is 3.51. The molecule has 9 nitrogen and oxygen atoms in total. The molecule has 0 aromatic carbocycles. The number of rotatable bonds is 5. The number of hydrogen-bond donors (Lipinski definition) is 1. The molecule has 1 N–H and O–H groups in total. The molecule has 1 atom stereocenters. The molecule has 1 unspecified atom stereocenters. The minimum Gasteiger partial charge on any atom is -0.296 e. The Kier molecular flexibility index (Phi) is 4.89. The van der Waals surface area contributed by atoms with Gasteiger partial charge in [-0.1, -0.05) is 0 Å². The number of carbonyl (C=O) groups is 1. The predicted octanol–water partition coefficient (Wildman–Crippen LogP) is 0.980. The molecule has 1 saturated heterocycles. The van der Waals surface area contributed by atoms with Crippen molar-refractivity contribution < 1.29 is 13.2 Å².